The summed E-state index contributed by atoms with van der Waals surface area (Å²) in [5.74, 6) is -1.44. The van der Waals surface area contributed by atoms with Gasteiger partial charge in [-0.2, -0.15) is 0 Å². The molecule has 1 saturated heterocycles. The first-order chi connectivity index (χ1) is 9.97. The summed E-state index contributed by atoms with van der Waals surface area (Å²) >= 11 is 0. The predicted octanol–water partition coefficient (Wildman–Crippen LogP) is 0.905. The van der Waals surface area contributed by atoms with Gasteiger partial charge in [0.25, 0.3) is 5.91 Å². The van der Waals surface area contributed by atoms with Gasteiger partial charge in [-0.1, -0.05) is 0 Å². The Morgan fingerprint density at radius 2 is 2.10 bits per heavy atom. The molecule has 21 heavy (non-hydrogen) atoms. The number of carbonyl (C=O) groups is 2. The molecule has 0 spiro atoms. The SMILES string of the molecule is CC(Oc1ccc(F)cc1)C(=O)N1CCOC(C(=O)O)C1. The molecule has 1 aromatic carbocycles. The fourth-order valence-corrected chi connectivity index (χ4v) is 2.02. The Balaban J connectivity index is 1.95. The van der Waals surface area contributed by atoms with E-state index in [2.05, 4.69) is 0 Å². The van der Waals surface area contributed by atoms with Crippen LogP contribution in [-0.2, 0) is 14.3 Å². The van der Waals surface area contributed by atoms with E-state index in [0.29, 0.717) is 12.3 Å². The van der Waals surface area contributed by atoms with Crippen LogP contribution in [0.4, 0.5) is 4.39 Å². The number of halogens is 1. The highest BCUT2D eigenvalue weighted by Crippen LogP contribution is 2.15. The third-order valence-electron chi connectivity index (χ3n) is 3.13. The lowest BCUT2D eigenvalue weighted by molar-refractivity contribution is -0.161. The highest BCUT2D eigenvalue weighted by molar-refractivity contribution is 5.82. The Morgan fingerprint density at radius 1 is 1.43 bits per heavy atom. The molecule has 7 heteroatoms. The smallest absolute Gasteiger partial charge is 0.334 e. The molecule has 1 aliphatic rings. The fourth-order valence-electron chi connectivity index (χ4n) is 2.02. The zero-order chi connectivity index (χ0) is 15.4. The molecule has 2 rings (SSSR count). The van der Waals surface area contributed by atoms with Crippen LogP contribution in [0, 0.1) is 5.82 Å². The summed E-state index contributed by atoms with van der Waals surface area (Å²) in [6.45, 7) is 2.05. The first-order valence-electron chi connectivity index (χ1n) is 6.53. The number of hydrogen-bond acceptors (Lipinski definition) is 4. The van der Waals surface area contributed by atoms with Gasteiger partial charge < -0.3 is 19.5 Å². The summed E-state index contributed by atoms with van der Waals surface area (Å²) in [6, 6.07) is 5.33. The zero-order valence-corrected chi connectivity index (χ0v) is 11.5. The van der Waals surface area contributed by atoms with E-state index in [9.17, 15) is 14.0 Å². The number of rotatable bonds is 4. The van der Waals surface area contributed by atoms with Crippen molar-refractivity contribution < 1.29 is 28.6 Å². The predicted molar refractivity (Wildman–Crippen MR) is 70.4 cm³/mol. The molecule has 1 fully saturated rings. The molecule has 0 aromatic heterocycles. The normalized spacial score (nSPS) is 19.9. The number of hydrogen-bond donors (Lipinski definition) is 1. The number of nitrogens with zero attached hydrogens (tertiary/aromatic N) is 1. The molecular formula is C14H16FNO5. The Labute approximate surface area is 121 Å². The van der Waals surface area contributed by atoms with Crippen LogP contribution in [-0.4, -0.2) is 53.8 Å². The summed E-state index contributed by atoms with van der Waals surface area (Å²) in [5.41, 5.74) is 0. The summed E-state index contributed by atoms with van der Waals surface area (Å²) in [6.07, 6.45) is -1.80. The van der Waals surface area contributed by atoms with Crippen LogP contribution < -0.4 is 4.74 Å². The second-order valence-electron chi connectivity index (χ2n) is 4.70. The van der Waals surface area contributed by atoms with Gasteiger partial charge in [-0.05, 0) is 31.2 Å². The van der Waals surface area contributed by atoms with Gasteiger partial charge in [0.1, 0.15) is 11.6 Å². The molecule has 1 heterocycles. The number of amides is 1. The Morgan fingerprint density at radius 3 is 2.71 bits per heavy atom. The van der Waals surface area contributed by atoms with Crippen molar-refractivity contribution in [3.63, 3.8) is 0 Å². The monoisotopic (exact) mass is 297 g/mol. The summed E-state index contributed by atoms with van der Waals surface area (Å²) in [4.78, 5) is 24.5. The molecule has 1 amide bonds. The molecule has 6 nitrogen and oxygen atoms in total. The number of morpholine rings is 1. The van der Waals surface area contributed by atoms with Crippen LogP contribution in [0.3, 0.4) is 0 Å². The molecule has 2 unspecified atom stereocenters. The minimum absolute atomic E-state index is 0.00865. The first-order valence-corrected chi connectivity index (χ1v) is 6.53. The van der Waals surface area contributed by atoms with E-state index in [1.807, 2.05) is 0 Å². The minimum atomic E-state index is -1.10. The van der Waals surface area contributed by atoms with Crippen LogP contribution in [0.5, 0.6) is 5.75 Å². The van der Waals surface area contributed by atoms with Crippen LogP contribution in [0.1, 0.15) is 6.92 Å². The summed E-state index contributed by atoms with van der Waals surface area (Å²) < 4.78 is 23.3. The number of ether oxygens (including phenoxy) is 2. The Hall–Kier alpha value is -2.15. The van der Waals surface area contributed by atoms with E-state index in [1.165, 1.54) is 29.2 Å². The minimum Gasteiger partial charge on any atom is -0.481 e. The highest BCUT2D eigenvalue weighted by atomic mass is 19.1. The second kappa shape index (κ2) is 6.53. The van der Waals surface area contributed by atoms with Crippen LogP contribution in [0.25, 0.3) is 0 Å². The van der Waals surface area contributed by atoms with Gasteiger partial charge in [-0.15, -0.1) is 0 Å². The van der Waals surface area contributed by atoms with E-state index >= 15 is 0 Å². The largest absolute Gasteiger partial charge is 0.481 e. The van der Waals surface area contributed by atoms with E-state index in [-0.39, 0.29) is 24.9 Å². The van der Waals surface area contributed by atoms with Crippen molar-refractivity contribution in [1.29, 1.82) is 0 Å². The first kappa shape index (κ1) is 15.2. The molecule has 114 valence electrons. The Bertz CT molecular complexity index is 519. The number of carbonyl (C=O) groups excluding carboxylic acids is 1. The lowest BCUT2D eigenvalue weighted by Crippen LogP contribution is -2.51. The number of benzene rings is 1. The summed E-state index contributed by atoms with van der Waals surface area (Å²) in [7, 11) is 0. The highest BCUT2D eigenvalue weighted by Gasteiger charge is 2.31. The molecule has 0 saturated carbocycles. The zero-order valence-electron chi connectivity index (χ0n) is 11.5. The van der Waals surface area contributed by atoms with Crippen LogP contribution >= 0.6 is 0 Å². The van der Waals surface area contributed by atoms with Gasteiger partial charge in [-0.3, -0.25) is 4.79 Å². The van der Waals surface area contributed by atoms with Crippen molar-refractivity contribution in [2.75, 3.05) is 19.7 Å². The third kappa shape index (κ3) is 3.91. The van der Waals surface area contributed by atoms with Crippen molar-refractivity contribution in [1.82, 2.24) is 4.90 Å². The van der Waals surface area contributed by atoms with Gasteiger partial charge in [0.05, 0.1) is 13.2 Å². The standard InChI is InChI=1S/C14H16FNO5/c1-9(21-11-4-2-10(15)3-5-11)13(17)16-6-7-20-12(8-16)14(18)19/h2-5,9,12H,6-8H2,1H3,(H,18,19). The van der Waals surface area contributed by atoms with Crippen molar-refractivity contribution >= 4 is 11.9 Å². The lowest BCUT2D eigenvalue weighted by Gasteiger charge is -2.32. The van der Waals surface area contributed by atoms with E-state index in [0.717, 1.165) is 0 Å². The van der Waals surface area contributed by atoms with Crippen molar-refractivity contribution in [2.24, 2.45) is 0 Å². The van der Waals surface area contributed by atoms with E-state index in [1.54, 1.807) is 6.92 Å². The second-order valence-corrected chi connectivity index (χ2v) is 4.70. The van der Waals surface area contributed by atoms with Gasteiger partial charge in [0.15, 0.2) is 12.2 Å². The molecule has 1 N–H and O–H groups in total. The van der Waals surface area contributed by atoms with E-state index in [4.69, 9.17) is 14.6 Å². The number of carboxylic acids is 1. The number of carboxylic acid groups (broad SMARTS) is 1. The van der Waals surface area contributed by atoms with Crippen LogP contribution in [0.2, 0.25) is 0 Å². The van der Waals surface area contributed by atoms with E-state index < -0.39 is 18.2 Å². The molecule has 1 aliphatic heterocycles. The number of aliphatic carboxylic acids is 1. The van der Waals surface area contributed by atoms with Crippen molar-refractivity contribution in [3.05, 3.63) is 30.1 Å². The van der Waals surface area contributed by atoms with Crippen molar-refractivity contribution in [2.45, 2.75) is 19.1 Å². The molecule has 0 aliphatic carbocycles. The van der Waals surface area contributed by atoms with Gasteiger partial charge in [0.2, 0.25) is 0 Å². The fraction of sp³-hybridized carbons (Fsp3) is 0.429. The molecule has 1 aromatic rings. The quantitative estimate of drug-likeness (QED) is 0.894. The average molecular weight is 297 g/mol. The maximum Gasteiger partial charge on any atom is 0.334 e. The van der Waals surface area contributed by atoms with Gasteiger partial charge >= 0.3 is 5.97 Å². The van der Waals surface area contributed by atoms with Gasteiger partial charge in [0, 0.05) is 6.54 Å². The van der Waals surface area contributed by atoms with Gasteiger partial charge in [-0.25, -0.2) is 9.18 Å². The average Bonchev–Trinajstić information content (AvgIpc) is 2.49. The third-order valence-corrected chi connectivity index (χ3v) is 3.13. The maximum absolute atomic E-state index is 12.8. The van der Waals surface area contributed by atoms with Crippen molar-refractivity contribution in [3.8, 4) is 5.75 Å². The molecular weight excluding hydrogens is 281 g/mol. The summed E-state index contributed by atoms with van der Waals surface area (Å²) in [5, 5.41) is 8.91. The lowest BCUT2D eigenvalue weighted by atomic mass is 10.2. The Kier molecular flexibility index (Phi) is 4.74. The topological polar surface area (TPSA) is 76.1 Å². The molecule has 0 radical (unpaired) electrons. The molecule has 0 bridgehead atoms. The van der Waals surface area contributed by atoms with Crippen LogP contribution in [0.15, 0.2) is 24.3 Å². The maximum atomic E-state index is 12.8. The molecule has 2 atom stereocenters.